The van der Waals surface area contributed by atoms with Crippen molar-refractivity contribution in [1.82, 2.24) is 15.0 Å². The number of benzene rings is 2. The summed E-state index contributed by atoms with van der Waals surface area (Å²) in [5, 5.41) is 5.92. The van der Waals surface area contributed by atoms with Crippen LogP contribution in [-0.4, -0.2) is 20.9 Å². The molecule has 0 radical (unpaired) electrons. The van der Waals surface area contributed by atoms with Gasteiger partial charge in [0, 0.05) is 30.1 Å². The molecule has 0 unspecified atom stereocenters. The molecule has 0 aliphatic rings. The molecule has 2 heterocycles. The van der Waals surface area contributed by atoms with Crippen LogP contribution in [-0.2, 0) is 12.0 Å². The summed E-state index contributed by atoms with van der Waals surface area (Å²) in [6, 6.07) is 20.7. The first-order valence-corrected chi connectivity index (χ1v) is 11.1. The highest BCUT2D eigenvalue weighted by Crippen LogP contribution is 2.23. The number of anilines is 2. The van der Waals surface area contributed by atoms with Crippen molar-refractivity contribution in [2.45, 2.75) is 32.7 Å². The predicted octanol–water partition coefficient (Wildman–Crippen LogP) is 4.99. The molecule has 0 aliphatic heterocycles. The van der Waals surface area contributed by atoms with Crippen molar-refractivity contribution < 1.29 is 4.79 Å². The molecule has 7 nitrogen and oxygen atoms in total. The van der Waals surface area contributed by atoms with Gasteiger partial charge in [0.1, 0.15) is 5.69 Å². The number of amides is 1. The Morgan fingerprint density at radius 1 is 1.00 bits per heavy atom. The van der Waals surface area contributed by atoms with Gasteiger partial charge in [-0.2, -0.15) is 0 Å². The molecular formula is C27H27N5O2. The van der Waals surface area contributed by atoms with E-state index in [1.807, 2.05) is 42.5 Å². The van der Waals surface area contributed by atoms with Crippen LogP contribution in [0.3, 0.4) is 0 Å². The molecule has 0 aliphatic carbocycles. The Morgan fingerprint density at radius 3 is 2.44 bits per heavy atom. The third kappa shape index (κ3) is 5.56. The van der Waals surface area contributed by atoms with E-state index in [-0.39, 0.29) is 22.6 Å². The molecule has 3 N–H and O–H groups in total. The molecule has 2 aromatic carbocycles. The van der Waals surface area contributed by atoms with Gasteiger partial charge in [0.05, 0.1) is 5.69 Å². The Hall–Kier alpha value is -4.26. The standard InChI is InChI=1S/C27H27N5O2/c1-27(2,3)21-11-9-19(10-12-21)24(33)31-23-15-20(17-29-25(23)34)22-13-14-28-26(32-22)30-16-18-7-5-4-6-8-18/h4-15,17H,16H2,1-3H3,(H,29,34)(H,31,33)(H,28,30,32). The summed E-state index contributed by atoms with van der Waals surface area (Å²) >= 11 is 0. The van der Waals surface area contributed by atoms with Gasteiger partial charge >= 0.3 is 0 Å². The van der Waals surface area contributed by atoms with Gasteiger partial charge in [-0.25, -0.2) is 9.97 Å². The van der Waals surface area contributed by atoms with E-state index in [0.717, 1.165) is 11.1 Å². The molecule has 1 amide bonds. The summed E-state index contributed by atoms with van der Waals surface area (Å²) in [7, 11) is 0. The van der Waals surface area contributed by atoms with Crippen LogP contribution in [0.5, 0.6) is 0 Å². The van der Waals surface area contributed by atoms with Crippen molar-refractivity contribution in [2.75, 3.05) is 10.6 Å². The Balaban J connectivity index is 1.51. The van der Waals surface area contributed by atoms with Gasteiger partial charge in [-0.05, 0) is 40.8 Å². The average Bonchev–Trinajstić information content (AvgIpc) is 2.84. The van der Waals surface area contributed by atoms with Crippen LogP contribution < -0.4 is 16.2 Å². The Bertz CT molecular complexity index is 1340. The first-order valence-electron chi connectivity index (χ1n) is 11.1. The number of rotatable bonds is 6. The zero-order valence-electron chi connectivity index (χ0n) is 19.4. The average molecular weight is 454 g/mol. The maximum atomic E-state index is 12.7. The van der Waals surface area contributed by atoms with Crippen molar-refractivity contribution in [2.24, 2.45) is 0 Å². The largest absolute Gasteiger partial charge is 0.350 e. The molecule has 0 bridgehead atoms. The quantitative estimate of drug-likeness (QED) is 0.382. The molecule has 172 valence electrons. The van der Waals surface area contributed by atoms with Crippen LogP contribution in [0.4, 0.5) is 11.6 Å². The molecule has 7 heteroatoms. The smallest absolute Gasteiger partial charge is 0.271 e. The fraction of sp³-hybridized carbons (Fsp3) is 0.185. The van der Waals surface area contributed by atoms with Crippen molar-refractivity contribution in [3.63, 3.8) is 0 Å². The minimum absolute atomic E-state index is 0.00711. The van der Waals surface area contributed by atoms with Gasteiger partial charge < -0.3 is 15.6 Å². The van der Waals surface area contributed by atoms with Crippen molar-refractivity contribution in [1.29, 1.82) is 0 Å². The second-order valence-corrected chi connectivity index (χ2v) is 9.02. The van der Waals surface area contributed by atoms with Crippen LogP contribution in [0.25, 0.3) is 11.3 Å². The number of nitrogens with zero attached hydrogens (tertiary/aromatic N) is 2. The second kappa shape index (κ2) is 9.70. The predicted molar refractivity (Wildman–Crippen MR) is 135 cm³/mol. The van der Waals surface area contributed by atoms with Crippen LogP contribution in [0.2, 0.25) is 0 Å². The number of carbonyl (C=O) groups excluding carboxylic acids is 1. The summed E-state index contributed by atoms with van der Waals surface area (Å²) in [6.07, 6.45) is 3.22. The minimum atomic E-state index is -0.389. The lowest BCUT2D eigenvalue weighted by Crippen LogP contribution is -2.20. The maximum Gasteiger partial charge on any atom is 0.271 e. The normalized spacial score (nSPS) is 11.1. The fourth-order valence-electron chi connectivity index (χ4n) is 3.42. The van der Waals surface area contributed by atoms with Crippen molar-refractivity contribution >= 4 is 17.5 Å². The van der Waals surface area contributed by atoms with Gasteiger partial charge in [0.15, 0.2) is 0 Å². The number of aromatic nitrogens is 3. The Labute approximate surface area is 198 Å². The van der Waals surface area contributed by atoms with Gasteiger partial charge in [0.25, 0.3) is 11.5 Å². The lowest BCUT2D eigenvalue weighted by Gasteiger charge is -2.19. The minimum Gasteiger partial charge on any atom is -0.350 e. The molecule has 2 aromatic heterocycles. The second-order valence-electron chi connectivity index (χ2n) is 9.02. The SMILES string of the molecule is CC(C)(C)c1ccc(C(=O)Nc2cc(-c3ccnc(NCc4ccccc4)n3)c[nH]c2=O)cc1. The number of hydrogen-bond donors (Lipinski definition) is 3. The van der Waals surface area contributed by atoms with Gasteiger partial charge in [-0.3, -0.25) is 9.59 Å². The number of H-pyrrole nitrogens is 1. The van der Waals surface area contributed by atoms with E-state index in [9.17, 15) is 9.59 Å². The Kier molecular flexibility index (Phi) is 6.54. The number of nitrogens with one attached hydrogen (secondary N) is 3. The highest BCUT2D eigenvalue weighted by molar-refractivity contribution is 6.04. The molecule has 0 saturated heterocycles. The summed E-state index contributed by atoms with van der Waals surface area (Å²) < 4.78 is 0. The summed E-state index contributed by atoms with van der Waals surface area (Å²) in [5.41, 5.74) is 3.75. The van der Waals surface area contributed by atoms with E-state index in [2.05, 4.69) is 46.4 Å². The van der Waals surface area contributed by atoms with E-state index in [1.54, 1.807) is 36.7 Å². The topological polar surface area (TPSA) is 99.8 Å². The van der Waals surface area contributed by atoms with Gasteiger partial charge in [0.2, 0.25) is 5.95 Å². The van der Waals surface area contributed by atoms with E-state index < -0.39 is 0 Å². The molecule has 4 rings (SSSR count). The van der Waals surface area contributed by atoms with E-state index in [0.29, 0.717) is 29.3 Å². The zero-order chi connectivity index (χ0) is 24.1. The maximum absolute atomic E-state index is 12.7. The molecule has 4 aromatic rings. The van der Waals surface area contributed by atoms with E-state index in [1.165, 1.54) is 0 Å². The lowest BCUT2D eigenvalue weighted by atomic mass is 9.87. The van der Waals surface area contributed by atoms with Crippen LogP contribution in [0.1, 0.15) is 42.3 Å². The van der Waals surface area contributed by atoms with Crippen LogP contribution in [0, 0.1) is 0 Å². The molecule has 0 saturated carbocycles. The first-order chi connectivity index (χ1) is 16.3. The molecule has 0 atom stereocenters. The first kappa shape index (κ1) is 22.9. The number of carbonyl (C=O) groups is 1. The summed E-state index contributed by atoms with van der Waals surface area (Å²) in [4.78, 5) is 36.6. The zero-order valence-corrected chi connectivity index (χ0v) is 19.4. The van der Waals surface area contributed by atoms with Crippen molar-refractivity contribution in [3.8, 4) is 11.3 Å². The number of hydrogen-bond acceptors (Lipinski definition) is 5. The van der Waals surface area contributed by atoms with Crippen molar-refractivity contribution in [3.05, 3.63) is 106 Å². The lowest BCUT2D eigenvalue weighted by molar-refractivity contribution is 0.102. The number of pyridine rings is 1. The summed E-state index contributed by atoms with van der Waals surface area (Å²) in [6.45, 7) is 6.93. The molecule has 0 fully saturated rings. The van der Waals surface area contributed by atoms with Gasteiger partial charge in [-0.1, -0.05) is 63.2 Å². The molecular weight excluding hydrogens is 426 g/mol. The van der Waals surface area contributed by atoms with Gasteiger partial charge in [-0.15, -0.1) is 0 Å². The van der Waals surface area contributed by atoms with Crippen LogP contribution in [0.15, 0.2) is 83.9 Å². The fourth-order valence-corrected chi connectivity index (χ4v) is 3.42. The molecule has 34 heavy (non-hydrogen) atoms. The molecule has 0 spiro atoms. The number of aromatic amines is 1. The monoisotopic (exact) mass is 453 g/mol. The third-order valence-corrected chi connectivity index (χ3v) is 5.41. The van der Waals surface area contributed by atoms with E-state index >= 15 is 0 Å². The third-order valence-electron chi connectivity index (χ3n) is 5.41. The highest BCUT2D eigenvalue weighted by atomic mass is 16.2. The highest BCUT2D eigenvalue weighted by Gasteiger charge is 2.15. The Morgan fingerprint density at radius 2 is 1.74 bits per heavy atom. The van der Waals surface area contributed by atoms with E-state index in [4.69, 9.17) is 0 Å². The van der Waals surface area contributed by atoms with Crippen LogP contribution >= 0.6 is 0 Å². The summed E-state index contributed by atoms with van der Waals surface area (Å²) in [5.74, 6) is 0.119.